The van der Waals surface area contributed by atoms with Gasteiger partial charge in [-0.3, -0.25) is 0 Å². The number of carbonyl (C=O) groups excluding carboxylic acids is 1. The molecule has 1 amide bonds. The molecule has 5 N–H and O–H groups in total. The summed E-state index contributed by atoms with van der Waals surface area (Å²) < 4.78 is 4.78. The first kappa shape index (κ1) is 19.1. The molecule has 0 heterocycles. The molecule has 5 nitrogen and oxygen atoms in total. The van der Waals surface area contributed by atoms with Gasteiger partial charge in [-0.25, -0.2) is 4.79 Å². The quantitative estimate of drug-likeness (QED) is 0.782. The van der Waals surface area contributed by atoms with Crippen LogP contribution in [0.2, 0.25) is 0 Å². The fourth-order valence-corrected chi connectivity index (χ4v) is 1.23. The summed E-state index contributed by atoms with van der Waals surface area (Å²) in [7, 11) is 0. The maximum Gasteiger partial charge on any atom is 0.407 e. The minimum atomic E-state index is -0.446. The second kappa shape index (κ2) is 10.9. The zero-order chi connectivity index (χ0) is 11.8. The van der Waals surface area contributed by atoms with Gasteiger partial charge in [-0.2, -0.15) is 0 Å². The number of nitrogens with two attached hydrogens (primary N) is 1. The molecule has 1 rings (SSSR count). The Hall–Kier alpha value is -1.27. The van der Waals surface area contributed by atoms with Crippen molar-refractivity contribution in [1.29, 1.82) is 0 Å². The molecule has 0 saturated carbocycles. The number of carbonyl (C=O) groups is 1. The van der Waals surface area contributed by atoms with Crippen LogP contribution in [0.3, 0.4) is 0 Å². The van der Waals surface area contributed by atoms with Crippen LogP contribution >= 0.6 is 0 Å². The van der Waals surface area contributed by atoms with Crippen molar-refractivity contribution < 1.29 is 33.6 Å². The summed E-state index contributed by atoms with van der Waals surface area (Å²) in [6, 6.07) is 7.73. The average molecular weight is 289 g/mol. The first-order chi connectivity index (χ1) is 7.76. The van der Waals surface area contributed by atoms with E-state index in [9.17, 15) is 4.79 Å². The molecule has 0 aliphatic rings. The summed E-state index contributed by atoms with van der Waals surface area (Å²) in [5.74, 6) is 0. The third-order valence-electron chi connectivity index (χ3n) is 2.00. The molecule has 0 saturated heterocycles. The average Bonchev–Trinajstić information content (AvgIpc) is 2.34. The van der Waals surface area contributed by atoms with Crippen molar-refractivity contribution in [2.75, 3.05) is 6.61 Å². The second-order valence-corrected chi connectivity index (χ2v) is 3.26. The summed E-state index contributed by atoms with van der Waals surface area (Å²) in [6.07, 6.45) is 1.08. The molecule has 0 aromatic heterocycles. The molecule has 0 aliphatic heterocycles. The molecular formula is C12H18N2O3V. The van der Waals surface area contributed by atoms with E-state index in [0.29, 0.717) is 13.1 Å². The largest absolute Gasteiger partial charge is 0.445 e. The van der Waals surface area contributed by atoms with Crippen LogP contribution < -0.4 is 11.1 Å². The fourth-order valence-electron chi connectivity index (χ4n) is 1.23. The minimum absolute atomic E-state index is 0. The smallest absolute Gasteiger partial charge is 0.407 e. The van der Waals surface area contributed by atoms with Crippen molar-refractivity contribution in [1.82, 2.24) is 5.32 Å². The normalized spacial score (nSPS) is 8.50. The van der Waals surface area contributed by atoms with Gasteiger partial charge in [0, 0.05) is 31.6 Å². The Bertz CT molecular complexity index is 372. The maximum absolute atomic E-state index is 11.1. The van der Waals surface area contributed by atoms with Crippen LogP contribution in [0.15, 0.2) is 36.9 Å². The number of nitrogens with one attached hydrogen (secondary N) is 1. The SMILES string of the molecule is C=CCOC(=O)NCc1cccc(CN)c1.O.[V]. The Kier molecular flexibility index (Phi) is 11.5. The van der Waals surface area contributed by atoms with Crippen LogP contribution in [0.4, 0.5) is 4.79 Å². The Morgan fingerprint density at radius 2 is 2.11 bits per heavy atom. The Labute approximate surface area is 119 Å². The van der Waals surface area contributed by atoms with Crippen molar-refractivity contribution in [2.24, 2.45) is 5.73 Å². The second-order valence-electron chi connectivity index (χ2n) is 3.26. The molecule has 6 heteroatoms. The van der Waals surface area contributed by atoms with Gasteiger partial charge in [0.2, 0.25) is 0 Å². The first-order valence-corrected chi connectivity index (χ1v) is 5.05. The van der Waals surface area contributed by atoms with Gasteiger partial charge < -0.3 is 21.3 Å². The van der Waals surface area contributed by atoms with Gasteiger partial charge in [0.25, 0.3) is 0 Å². The van der Waals surface area contributed by atoms with Crippen molar-refractivity contribution >= 4 is 6.09 Å². The Morgan fingerprint density at radius 1 is 1.44 bits per heavy atom. The number of ether oxygens (including phenoxy) is 1. The zero-order valence-electron chi connectivity index (χ0n) is 10.1. The predicted molar refractivity (Wildman–Crippen MR) is 66.3 cm³/mol. The van der Waals surface area contributed by atoms with Crippen molar-refractivity contribution in [3.05, 3.63) is 48.0 Å². The third kappa shape index (κ3) is 7.14. The molecule has 0 bridgehead atoms. The van der Waals surface area contributed by atoms with Crippen LogP contribution in [0.5, 0.6) is 0 Å². The Morgan fingerprint density at radius 3 is 2.72 bits per heavy atom. The summed E-state index contributed by atoms with van der Waals surface area (Å²) in [4.78, 5) is 11.1. The van der Waals surface area contributed by atoms with Gasteiger partial charge in [0.15, 0.2) is 0 Å². The van der Waals surface area contributed by atoms with Crippen molar-refractivity contribution in [3.63, 3.8) is 0 Å². The summed E-state index contributed by atoms with van der Waals surface area (Å²) in [6.45, 7) is 4.60. The van der Waals surface area contributed by atoms with Gasteiger partial charge in [-0.15, -0.1) is 0 Å². The van der Waals surface area contributed by atoms with Gasteiger partial charge in [-0.1, -0.05) is 36.9 Å². The van der Waals surface area contributed by atoms with E-state index in [1.807, 2.05) is 24.3 Å². The van der Waals surface area contributed by atoms with Crippen molar-refractivity contribution in [3.8, 4) is 0 Å². The molecule has 0 fully saturated rings. The summed E-state index contributed by atoms with van der Waals surface area (Å²) in [5.41, 5.74) is 7.56. The van der Waals surface area contributed by atoms with E-state index < -0.39 is 6.09 Å². The molecule has 0 atom stereocenters. The first-order valence-electron chi connectivity index (χ1n) is 5.05. The molecule has 0 aliphatic carbocycles. The van der Waals surface area contributed by atoms with Crippen LogP contribution in [0.25, 0.3) is 0 Å². The molecule has 99 valence electrons. The third-order valence-corrected chi connectivity index (χ3v) is 2.00. The van der Waals surface area contributed by atoms with E-state index >= 15 is 0 Å². The molecule has 18 heavy (non-hydrogen) atoms. The van der Waals surface area contributed by atoms with Gasteiger partial charge in [0.05, 0.1) is 0 Å². The van der Waals surface area contributed by atoms with Gasteiger partial charge in [-0.05, 0) is 11.1 Å². The van der Waals surface area contributed by atoms with Crippen LogP contribution in [0, 0.1) is 0 Å². The maximum atomic E-state index is 11.1. The van der Waals surface area contributed by atoms with Gasteiger partial charge in [0.1, 0.15) is 6.61 Å². The standard InChI is InChI=1S/C12H16N2O2.H2O.V/c1-2-6-16-12(15)14-9-11-5-3-4-10(7-11)8-13;;/h2-5,7H,1,6,8-9,13H2,(H,14,15);1H2;. The number of hydrogen-bond acceptors (Lipinski definition) is 3. The molecule has 0 unspecified atom stereocenters. The molecule has 1 radical (unpaired) electrons. The van der Waals surface area contributed by atoms with E-state index in [1.165, 1.54) is 6.08 Å². The summed E-state index contributed by atoms with van der Waals surface area (Å²) in [5, 5.41) is 2.64. The van der Waals surface area contributed by atoms with E-state index in [0.717, 1.165) is 11.1 Å². The van der Waals surface area contributed by atoms with Crippen LogP contribution in [-0.2, 0) is 36.4 Å². The zero-order valence-corrected chi connectivity index (χ0v) is 11.5. The molecule has 1 aromatic rings. The molecular weight excluding hydrogens is 271 g/mol. The fraction of sp³-hybridized carbons (Fsp3) is 0.250. The molecule has 1 aromatic carbocycles. The predicted octanol–water partition coefficient (Wildman–Crippen LogP) is 0.730. The molecule has 0 spiro atoms. The monoisotopic (exact) mass is 289 g/mol. The number of rotatable bonds is 5. The summed E-state index contributed by atoms with van der Waals surface area (Å²) >= 11 is 0. The minimum Gasteiger partial charge on any atom is -0.445 e. The Balaban J connectivity index is 0. The van der Waals surface area contributed by atoms with Crippen molar-refractivity contribution in [2.45, 2.75) is 13.1 Å². The van der Waals surface area contributed by atoms with Crippen LogP contribution in [-0.4, -0.2) is 18.2 Å². The van der Waals surface area contributed by atoms with E-state index in [1.54, 1.807) is 0 Å². The van der Waals surface area contributed by atoms with E-state index in [2.05, 4.69) is 11.9 Å². The topological polar surface area (TPSA) is 95.8 Å². The number of benzene rings is 1. The van der Waals surface area contributed by atoms with Gasteiger partial charge >= 0.3 is 6.09 Å². The van der Waals surface area contributed by atoms with Crippen LogP contribution in [0.1, 0.15) is 11.1 Å². The number of amides is 1. The van der Waals surface area contributed by atoms with E-state index in [-0.39, 0.29) is 30.6 Å². The van der Waals surface area contributed by atoms with E-state index in [4.69, 9.17) is 10.5 Å². The number of hydrogen-bond donors (Lipinski definition) is 2. The number of alkyl carbamates (subject to hydrolysis) is 1.